The van der Waals surface area contributed by atoms with Gasteiger partial charge in [0.05, 0.1) is 4.88 Å². The van der Waals surface area contributed by atoms with E-state index in [1.165, 1.54) is 10.4 Å². The predicted molar refractivity (Wildman–Crippen MR) is 73.9 cm³/mol. The number of thiophene rings is 1. The van der Waals surface area contributed by atoms with Crippen molar-refractivity contribution >= 4 is 17.3 Å². The van der Waals surface area contributed by atoms with Gasteiger partial charge in [-0.05, 0) is 29.9 Å². The molecule has 1 aliphatic rings. The summed E-state index contributed by atoms with van der Waals surface area (Å²) in [6.07, 6.45) is 2.03. The van der Waals surface area contributed by atoms with Gasteiger partial charge in [-0.2, -0.15) is 4.98 Å². The summed E-state index contributed by atoms with van der Waals surface area (Å²) in [6, 6.07) is 2.40. The number of rotatable bonds is 3. The topological polar surface area (TPSA) is 70.8 Å². The zero-order valence-corrected chi connectivity index (χ0v) is 11.2. The molecule has 0 aromatic carbocycles. The van der Waals surface area contributed by atoms with Gasteiger partial charge in [0.1, 0.15) is 0 Å². The Morgan fingerprint density at radius 1 is 1.61 bits per heavy atom. The van der Waals surface area contributed by atoms with E-state index >= 15 is 0 Å². The van der Waals surface area contributed by atoms with Crippen molar-refractivity contribution in [1.82, 2.24) is 15.2 Å². The molecule has 1 fully saturated rings. The maximum Gasteiger partial charge on any atom is 0.245 e. The molecule has 96 valence electrons. The molecule has 1 aliphatic heterocycles. The van der Waals surface area contributed by atoms with Crippen LogP contribution >= 0.6 is 11.3 Å². The summed E-state index contributed by atoms with van der Waals surface area (Å²) in [4.78, 5) is 7.93. The molecule has 1 atom stereocenters. The minimum Gasteiger partial charge on any atom is -0.338 e. The SMILES string of the molecule is CCc1ccsc1-c1nc(N2CCC(N)C2)n[nH]1. The molecule has 2 aromatic rings. The first-order valence-electron chi connectivity index (χ1n) is 6.27. The molecule has 2 aromatic heterocycles. The van der Waals surface area contributed by atoms with Crippen LogP contribution in [0.5, 0.6) is 0 Å². The molecular formula is C12H17N5S. The molecular weight excluding hydrogens is 246 g/mol. The Bertz CT molecular complexity index is 532. The van der Waals surface area contributed by atoms with Gasteiger partial charge >= 0.3 is 0 Å². The first-order chi connectivity index (χ1) is 8.78. The van der Waals surface area contributed by atoms with E-state index in [1.807, 2.05) is 0 Å². The van der Waals surface area contributed by atoms with Crippen LogP contribution in [0.3, 0.4) is 0 Å². The van der Waals surface area contributed by atoms with Crippen LogP contribution in [-0.2, 0) is 6.42 Å². The Balaban J connectivity index is 1.85. The Hall–Kier alpha value is -1.40. The second-order valence-electron chi connectivity index (χ2n) is 4.61. The zero-order chi connectivity index (χ0) is 12.5. The molecule has 0 radical (unpaired) electrons. The van der Waals surface area contributed by atoms with Crippen molar-refractivity contribution in [2.75, 3.05) is 18.0 Å². The van der Waals surface area contributed by atoms with E-state index in [9.17, 15) is 0 Å². The van der Waals surface area contributed by atoms with Gasteiger partial charge in [-0.1, -0.05) is 6.92 Å². The van der Waals surface area contributed by atoms with Crippen LogP contribution in [0.15, 0.2) is 11.4 Å². The summed E-state index contributed by atoms with van der Waals surface area (Å²) in [5.41, 5.74) is 7.22. The highest BCUT2D eigenvalue weighted by atomic mass is 32.1. The number of anilines is 1. The van der Waals surface area contributed by atoms with E-state index in [0.29, 0.717) is 0 Å². The Labute approximate surface area is 110 Å². The molecule has 0 aliphatic carbocycles. The number of aromatic amines is 1. The average Bonchev–Trinajstić information content (AvgIpc) is 3.07. The molecule has 6 heteroatoms. The molecule has 0 bridgehead atoms. The van der Waals surface area contributed by atoms with Crippen molar-refractivity contribution in [2.45, 2.75) is 25.8 Å². The maximum absolute atomic E-state index is 5.90. The normalized spacial score (nSPS) is 19.7. The molecule has 5 nitrogen and oxygen atoms in total. The van der Waals surface area contributed by atoms with Crippen LogP contribution in [0.1, 0.15) is 18.9 Å². The summed E-state index contributed by atoms with van der Waals surface area (Å²) >= 11 is 1.71. The van der Waals surface area contributed by atoms with E-state index in [4.69, 9.17) is 5.73 Å². The number of hydrogen-bond donors (Lipinski definition) is 2. The minimum absolute atomic E-state index is 0.250. The lowest BCUT2D eigenvalue weighted by atomic mass is 10.2. The zero-order valence-electron chi connectivity index (χ0n) is 10.4. The largest absolute Gasteiger partial charge is 0.338 e. The fourth-order valence-corrected chi connectivity index (χ4v) is 3.22. The van der Waals surface area contributed by atoms with Crippen molar-refractivity contribution in [3.05, 3.63) is 17.0 Å². The molecule has 3 rings (SSSR count). The van der Waals surface area contributed by atoms with Crippen molar-refractivity contribution in [3.8, 4) is 10.7 Å². The van der Waals surface area contributed by atoms with E-state index in [0.717, 1.165) is 37.7 Å². The number of nitrogens with one attached hydrogen (secondary N) is 1. The summed E-state index contributed by atoms with van der Waals surface area (Å²) in [5.74, 6) is 1.64. The fraction of sp³-hybridized carbons (Fsp3) is 0.500. The summed E-state index contributed by atoms with van der Waals surface area (Å²) in [7, 11) is 0. The number of aromatic nitrogens is 3. The van der Waals surface area contributed by atoms with E-state index in [2.05, 4.69) is 38.5 Å². The van der Waals surface area contributed by atoms with Crippen LogP contribution in [0.25, 0.3) is 10.7 Å². The molecule has 3 heterocycles. The third-order valence-electron chi connectivity index (χ3n) is 3.32. The number of hydrogen-bond acceptors (Lipinski definition) is 5. The highest BCUT2D eigenvalue weighted by Gasteiger charge is 2.23. The summed E-state index contributed by atoms with van der Waals surface area (Å²) in [5, 5.41) is 9.45. The van der Waals surface area contributed by atoms with Crippen molar-refractivity contribution in [2.24, 2.45) is 5.73 Å². The van der Waals surface area contributed by atoms with Gasteiger partial charge in [-0.3, -0.25) is 5.10 Å². The second kappa shape index (κ2) is 4.70. The lowest BCUT2D eigenvalue weighted by molar-refractivity contribution is 0.750. The lowest BCUT2D eigenvalue weighted by Gasteiger charge is -2.11. The second-order valence-corrected chi connectivity index (χ2v) is 5.52. The van der Waals surface area contributed by atoms with Gasteiger partial charge in [0, 0.05) is 19.1 Å². The maximum atomic E-state index is 5.90. The van der Waals surface area contributed by atoms with Crippen LogP contribution in [-0.4, -0.2) is 34.3 Å². The van der Waals surface area contributed by atoms with Crippen LogP contribution in [0, 0.1) is 0 Å². The molecule has 3 N–H and O–H groups in total. The number of nitrogens with two attached hydrogens (primary N) is 1. The van der Waals surface area contributed by atoms with Gasteiger partial charge in [0.15, 0.2) is 5.82 Å². The van der Waals surface area contributed by atoms with Gasteiger partial charge in [-0.25, -0.2) is 0 Å². The lowest BCUT2D eigenvalue weighted by Crippen LogP contribution is -2.26. The Morgan fingerprint density at radius 3 is 3.22 bits per heavy atom. The van der Waals surface area contributed by atoms with Crippen LogP contribution in [0.2, 0.25) is 0 Å². The van der Waals surface area contributed by atoms with Crippen molar-refractivity contribution in [3.63, 3.8) is 0 Å². The predicted octanol–water partition coefficient (Wildman–Crippen LogP) is 1.63. The monoisotopic (exact) mass is 263 g/mol. The Morgan fingerprint density at radius 2 is 2.50 bits per heavy atom. The number of H-pyrrole nitrogens is 1. The molecule has 18 heavy (non-hydrogen) atoms. The third-order valence-corrected chi connectivity index (χ3v) is 4.29. The van der Waals surface area contributed by atoms with Crippen LogP contribution in [0.4, 0.5) is 5.95 Å². The standard InChI is InChI=1S/C12H17N5S/c1-2-8-4-6-18-10(8)11-14-12(16-15-11)17-5-3-9(13)7-17/h4,6,9H,2-3,5,7,13H2,1H3,(H,14,15,16). The molecule has 1 saturated heterocycles. The van der Waals surface area contributed by atoms with Crippen molar-refractivity contribution in [1.29, 1.82) is 0 Å². The van der Waals surface area contributed by atoms with Crippen molar-refractivity contribution < 1.29 is 0 Å². The number of aryl methyl sites for hydroxylation is 1. The quantitative estimate of drug-likeness (QED) is 0.883. The average molecular weight is 263 g/mol. The highest BCUT2D eigenvalue weighted by Crippen LogP contribution is 2.28. The third kappa shape index (κ3) is 2.02. The first kappa shape index (κ1) is 11.7. The van der Waals surface area contributed by atoms with Gasteiger partial charge < -0.3 is 10.6 Å². The van der Waals surface area contributed by atoms with Gasteiger partial charge in [-0.15, -0.1) is 16.4 Å². The highest BCUT2D eigenvalue weighted by molar-refractivity contribution is 7.13. The molecule has 0 amide bonds. The van der Waals surface area contributed by atoms with Gasteiger partial charge in [0.25, 0.3) is 0 Å². The summed E-state index contributed by atoms with van der Waals surface area (Å²) < 4.78 is 0. The molecule has 1 unspecified atom stereocenters. The summed E-state index contributed by atoms with van der Waals surface area (Å²) in [6.45, 7) is 3.95. The smallest absolute Gasteiger partial charge is 0.245 e. The first-order valence-corrected chi connectivity index (χ1v) is 7.15. The minimum atomic E-state index is 0.250. The van der Waals surface area contributed by atoms with Crippen LogP contribution < -0.4 is 10.6 Å². The molecule has 0 spiro atoms. The Kier molecular flexibility index (Phi) is 3.05. The van der Waals surface area contributed by atoms with E-state index in [1.54, 1.807) is 11.3 Å². The number of nitrogens with zero attached hydrogens (tertiary/aromatic N) is 3. The molecule has 0 saturated carbocycles. The van der Waals surface area contributed by atoms with E-state index < -0.39 is 0 Å². The fourth-order valence-electron chi connectivity index (χ4n) is 2.29. The van der Waals surface area contributed by atoms with E-state index in [-0.39, 0.29) is 6.04 Å². The van der Waals surface area contributed by atoms with Gasteiger partial charge in [0.2, 0.25) is 5.95 Å².